The molecular formula is C11H8O2S. The Morgan fingerprint density at radius 3 is 2.29 bits per heavy atom. The molecule has 0 unspecified atom stereocenters. The molecule has 3 heteroatoms. The minimum Gasteiger partial charge on any atom is -0.478 e. The summed E-state index contributed by atoms with van der Waals surface area (Å²) < 4.78 is 0. The van der Waals surface area contributed by atoms with Crippen molar-refractivity contribution in [1.82, 2.24) is 0 Å². The summed E-state index contributed by atoms with van der Waals surface area (Å²) in [4.78, 5) is 10.6. The fourth-order valence-corrected chi connectivity index (χ4v) is 1.90. The van der Waals surface area contributed by atoms with Gasteiger partial charge in [0.15, 0.2) is 0 Å². The second kappa shape index (κ2) is 3.64. The molecule has 1 N–H and O–H groups in total. The van der Waals surface area contributed by atoms with Crippen LogP contribution in [0.1, 0.15) is 10.4 Å². The molecule has 0 atom stereocenters. The van der Waals surface area contributed by atoms with E-state index >= 15 is 0 Å². The molecule has 1 aromatic carbocycles. The van der Waals surface area contributed by atoms with Crippen molar-refractivity contribution in [3.8, 4) is 11.1 Å². The maximum Gasteiger partial charge on any atom is 0.335 e. The van der Waals surface area contributed by atoms with Crippen molar-refractivity contribution in [2.45, 2.75) is 0 Å². The molecule has 1 heterocycles. The van der Waals surface area contributed by atoms with Gasteiger partial charge in [0.05, 0.1) is 5.56 Å². The van der Waals surface area contributed by atoms with Crippen LogP contribution in [0, 0.1) is 0 Å². The van der Waals surface area contributed by atoms with Crippen molar-refractivity contribution in [2.24, 2.45) is 0 Å². The number of hydrogen-bond acceptors (Lipinski definition) is 2. The first-order valence-corrected chi connectivity index (χ1v) is 5.07. The van der Waals surface area contributed by atoms with E-state index < -0.39 is 5.97 Å². The van der Waals surface area contributed by atoms with Gasteiger partial charge in [-0.05, 0) is 40.1 Å². The fourth-order valence-electron chi connectivity index (χ4n) is 1.23. The summed E-state index contributed by atoms with van der Waals surface area (Å²) in [5.74, 6) is -0.887. The van der Waals surface area contributed by atoms with E-state index in [0.29, 0.717) is 5.56 Å². The SMILES string of the molecule is O=C(O)c1ccc(-c2ccsc2)cc1. The third-order valence-electron chi connectivity index (χ3n) is 1.99. The Bertz CT molecular complexity index is 429. The molecule has 0 saturated carbocycles. The van der Waals surface area contributed by atoms with Crippen molar-refractivity contribution in [3.05, 3.63) is 46.7 Å². The summed E-state index contributed by atoms with van der Waals surface area (Å²) in [5.41, 5.74) is 2.51. The molecule has 0 fully saturated rings. The van der Waals surface area contributed by atoms with Gasteiger partial charge in [0.25, 0.3) is 0 Å². The molecule has 14 heavy (non-hydrogen) atoms. The maximum atomic E-state index is 10.6. The summed E-state index contributed by atoms with van der Waals surface area (Å²) in [5, 5.41) is 12.7. The van der Waals surface area contributed by atoms with Crippen LogP contribution in [0.3, 0.4) is 0 Å². The Hall–Kier alpha value is -1.61. The van der Waals surface area contributed by atoms with E-state index in [1.54, 1.807) is 23.5 Å². The van der Waals surface area contributed by atoms with E-state index in [2.05, 4.69) is 0 Å². The minimum atomic E-state index is -0.887. The average molecular weight is 204 g/mol. The molecule has 2 aromatic rings. The van der Waals surface area contributed by atoms with Gasteiger partial charge in [0, 0.05) is 0 Å². The molecule has 1 aromatic heterocycles. The van der Waals surface area contributed by atoms with Crippen LogP contribution < -0.4 is 0 Å². The molecule has 0 saturated heterocycles. The zero-order valence-corrected chi connectivity index (χ0v) is 8.12. The first-order chi connectivity index (χ1) is 6.77. The number of carboxylic acid groups (broad SMARTS) is 1. The van der Waals surface area contributed by atoms with Gasteiger partial charge < -0.3 is 5.11 Å². The molecule has 0 amide bonds. The molecule has 2 rings (SSSR count). The quantitative estimate of drug-likeness (QED) is 0.816. The zero-order chi connectivity index (χ0) is 9.97. The second-order valence-corrected chi connectivity index (χ2v) is 3.67. The molecule has 2 nitrogen and oxygen atoms in total. The molecule has 0 aliphatic heterocycles. The first-order valence-electron chi connectivity index (χ1n) is 4.13. The van der Waals surface area contributed by atoms with E-state index in [1.165, 1.54) is 0 Å². The summed E-state index contributed by atoms with van der Waals surface area (Å²) in [6.45, 7) is 0. The first kappa shape index (κ1) is 8.97. The van der Waals surface area contributed by atoms with E-state index in [0.717, 1.165) is 11.1 Å². The van der Waals surface area contributed by atoms with Crippen LogP contribution in [0.4, 0.5) is 0 Å². The Morgan fingerprint density at radius 1 is 1.07 bits per heavy atom. The lowest BCUT2D eigenvalue weighted by Crippen LogP contribution is -1.94. The van der Waals surface area contributed by atoms with Gasteiger partial charge in [-0.15, -0.1) is 0 Å². The zero-order valence-electron chi connectivity index (χ0n) is 7.31. The smallest absolute Gasteiger partial charge is 0.335 e. The summed E-state index contributed by atoms with van der Waals surface area (Å²) >= 11 is 1.63. The largest absolute Gasteiger partial charge is 0.478 e. The molecule has 0 aliphatic carbocycles. The Labute approximate surface area is 85.4 Å². The van der Waals surface area contributed by atoms with Gasteiger partial charge in [-0.25, -0.2) is 4.79 Å². The third-order valence-corrected chi connectivity index (χ3v) is 2.67. The van der Waals surface area contributed by atoms with Crippen molar-refractivity contribution in [2.75, 3.05) is 0 Å². The van der Waals surface area contributed by atoms with Crippen molar-refractivity contribution < 1.29 is 9.90 Å². The highest BCUT2D eigenvalue weighted by molar-refractivity contribution is 7.08. The van der Waals surface area contributed by atoms with E-state index in [9.17, 15) is 4.79 Å². The van der Waals surface area contributed by atoms with Gasteiger partial charge in [-0.3, -0.25) is 0 Å². The second-order valence-electron chi connectivity index (χ2n) is 2.89. The topological polar surface area (TPSA) is 37.3 Å². The van der Waals surface area contributed by atoms with Crippen LogP contribution in [0.5, 0.6) is 0 Å². The third kappa shape index (κ3) is 1.67. The average Bonchev–Trinajstić information content (AvgIpc) is 2.71. The van der Waals surface area contributed by atoms with Gasteiger partial charge in [0.1, 0.15) is 0 Å². The van der Waals surface area contributed by atoms with Gasteiger partial charge in [-0.1, -0.05) is 12.1 Å². The normalized spacial score (nSPS) is 10.0. The van der Waals surface area contributed by atoms with Crippen LogP contribution in [0.25, 0.3) is 11.1 Å². The molecule has 70 valence electrons. The number of carbonyl (C=O) groups is 1. The number of thiophene rings is 1. The Morgan fingerprint density at radius 2 is 1.79 bits per heavy atom. The van der Waals surface area contributed by atoms with Crippen LogP contribution >= 0.6 is 11.3 Å². The van der Waals surface area contributed by atoms with Crippen LogP contribution in [0.2, 0.25) is 0 Å². The molecule has 0 bridgehead atoms. The maximum absolute atomic E-state index is 10.6. The Kier molecular flexibility index (Phi) is 2.33. The van der Waals surface area contributed by atoms with Gasteiger partial charge in [0.2, 0.25) is 0 Å². The lowest BCUT2D eigenvalue weighted by atomic mass is 10.1. The van der Waals surface area contributed by atoms with Crippen molar-refractivity contribution >= 4 is 17.3 Å². The van der Waals surface area contributed by atoms with Gasteiger partial charge >= 0.3 is 5.97 Å². The lowest BCUT2D eigenvalue weighted by molar-refractivity contribution is 0.0697. The molecule has 0 aliphatic rings. The summed E-state index contributed by atoms with van der Waals surface area (Å²) in [6.07, 6.45) is 0. The van der Waals surface area contributed by atoms with E-state index in [4.69, 9.17) is 5.11 Å². The minimum absolute atomic E-state index is 0.323. The predicted octanol–water partition coefficient (Wildman–Crippen LogP) is 3.11. The van der Waals surface area contributed by atoms with Crippen LogP contribution in [-0.2, 0) is 0 Å². The van der Waals surface area contributed by atoms with Crippen LogP contribution in [-0.4, -0.2) is 11.1 Å². The highest BCUT2D eigenvalue weighted by atomic mass is 32.1. The summed E-state index contributed by atoms with van der Waals surface area (Å²) in [6, 6.07) is 8.90. The Balaban J connectivity index is 2.36. The lowest BCUT2D eigenvalue weighted by Gasteiger charge is -1.98. The van der Waals surface area contributed by atoms with Crippen molar-refractivity contribution in [3.63, 3.8) is 0 Å². The number of carboxylic acids is 1. The number of hydrogen-bond donors (Lipinski definition) is 1. The monoisotopic (exact) mass is 204 g/mol. The van der Waals surface area contributed by atoms with Gasteiger partial charge in [-0.2, -0.15) is 11.3 Å². The van der Waals surface area contributed by atoms with E-state index in [1.807, 2.05) is 29.0 Å². The van der Waals surface area contributed by atoms with Crippen molar-refractivity contribution in [1.29, 1.82) is 0 Å². The molecular weight excluding hydrogens is 196 g/mol. The molecule has 0 radical (unpaired) electrons. The highest BCUT2D eigenvalue weighted by Crippen LogP contribution is 2.22. The number of benzene rings is 1. The predicted molar refractivity (Wildman–Crippen MR) is 56.7 cm³/mol. The summed E-state index contributed by atoms with van der Waals surface area (Å²) in [7, 11) is 0. The van der Waals surface area contributed by atoms with E-state index in [-0.39, 0.29) is 0 Å². The molecule has 0 spiro atoms. The fraction of sp³-hybridized carbons (Fsp3) is 0. The number of aromatic carboxylic acids is 1. The number of rotatable bonds is 2. The highest BCUT2D eigenvalue weighted by Gasteiger charge is 2.02. The standard InChI is InChI=1S/C11H8O2S/c12-11(13)9-3-1-8(2-4-9)10-5-6-14-7-10/h1-7H,(H,12,13). The van der Waals surface area contributed by atoms with Crippen LogP contribution in [0.15, 0.2) is 41.1 Å².